The molecule has 1 aliphatic heterocycles. The summed E-state index contributed by atoms with van der Waals surface area (Å²) in [5.74, 6) is 1.39. The summed E-state index contributed by atoms with van der Waals surface area (Å²) >= 11 is 5.89. The van der Waals surface area contributed by atoms with E-state index >= 15 is 0 Å². The standard InChI is InChI=1S/C10H12ClNOS/c11-9-2-3-10-8(6-9)7-14(13)5-1-4-12-10/h2-3,6,12H,1,4-5,7H2. The summed E-state index contributed by atoms with van der Waals surface area (Å²) in [5.41, 5.74) is 2.14. The quantitative estimate of drug-likeness (QED) is 0.740. The summed E-state index contributed by atoms with van der Waals surface area (Å²) in [4.78, 5) is 0. The van der Waals surface area contributed by atoms with Crippen LogP contribution in [-0.2, 0) is 16.6 Å². The summed E-state index contributed by atoms with van der Waals surface area (Å²) in [6, 6.07) is 5.71. The minimum Gasteiger partial charge on any atom is -0.385 e. The molecule has 2 nitrogen and oxygen atoms in total. The molecule has 0 aromatic heterocycles. The minimum absolute atomic E-state index is 0.614. The molecule has 1 aliphatic rings. The Kier molecular flexibility index (Phi) is 3.08. The van der Waals surface area contributed by atoms with E-state index in [1.807, 2.05) is 18.2 Å². The lowest BCUT2D eigenvalue weighted by Crippen LogP contribution is -2.13. The van der Waals surface area contributed by atoms with Crippen molar-refractivity contribution in [3.8, 4) is 0 Å². The van der Waals surface area contributed by atoms with E-state index in [4.69, 9.17) is 11.6 Å². The van der Waals surface area contributed by atoms with Crippen LogP contribution in [0.1, 0.15) is 12.0 Å². The van der Waals surface area contributed by atoms with E-state index in [-0.39, 0.29) is 0 Å². The van der Waals surface area contributed by atoms with E-state index < -0.39 is 10.8 Å². The molecule has 1 aromatic rings. The Morgan fingerprint density at radius 1 is 1.43 bits per heavy atom. The molecular weight excluding hydrogens is 218 g/mol. The van der Waals surface area contributed by atoms with Crippen LogP contribution in [0.2, 0.25) is 5.02 Å². The molecule has 4 heteroatoms. The second-order valence-corrected chi connectivity index (χ2v) is 5.38. The molecule has 76 valence electrons. The smallest absolute Gasteiger partial charge is 0.0506 e. The normalized spacial score (nSPS) is 21.6. The molecule has 2 rings (SSSR count). The van der Waals surface area contributed by atoms with Crippen LogP contribution >= 0.6 is 11.6 Å². The number of anilines is 1. The van der Waals surface area contributed by atoms with Gasteiger partial charge < -0.3 is 5.32 Å². The second-order valence-electron chi connectivity index (χ2n) is 3.37. The molecule has 14 heavy (non-hydrogen) atoms. The summed E-state index contributed by atoms with van der Waals surface area (Å²) in [5, 5.41) is 4.03. The highest BCUT2D eigenvalue weighted by molar-refractivity contribution is 7.84. The van der Waals surface area contributed by atoms with Crippen LogP contribution in [0.5, 0.6) is 0 Å². The van der Waals surface area contributed by atoms with Gasteiger partial charge in [-0.15, -0.1) is 0 Å². The van der Waals surface area contributed by atoms with Crippen LogP contribution in [0.25, 0.3) is 0 Å². The average molecular weight is 230 g/mol. The van der Waals surface area contributed by atoms with Gasteiger partial charge in [-0.1, -0.05) is 11.6 Å². The van der Waals surface area contributed by atoms with Crippen molar-refractivity contribution in [3.63, 3.8) is 0 Å². The van der Waals surface area contributed by atoms with Crippen molar-refractivity contribution >= 4 is 28.1 Å². The molecular formula is C10H12ClNOS. The fourth-order valence-corrected chi connectivity index (χ4v) is 2.95. The number of nitrogens with one attached hydrogen (secondary N) is 1. The highest BCUT2D eigenvalue weighted by Crippen LogP contribution is 2.23. The van der Waals surface area contributed by atoms with E-state index in [1.165, 1.54) is 0 Å². The maximum atomic E-state index is 11.6. The maximum absolute atomic E-state index is 11.6. The Morgan fingerprint density at radius 2 is 2.29 bits per heavy atom. The summed E-state index contributed by atoms with van der Waals surface area (Å²) in [7, 11) is -0.737. The molecule has 1 atom stereocenters. The van der Waals surface area contributed by atoms with E-state index in [0.29, 0.717) is 10.8 Å². The van der Waals surface area contributed by atoms with Gasteiger partial charge in [0.2, 0.25) is 0 Å². The van der Waals surface area contributed by atoms with Crippen LogP contribution in [0.4, 0.5) is 5.69 Å². The summed E-state index contributed by atoms with van der Waals surface area (Å²) < 4.78 is 11.6. The molecule has 0 saturated heterocycles. The Hall–Kier alpha value is -0.540. The zero-order valence-electron chi connectivity index (χ0n) is 7.75. The van der Waals surface area contributed by atoms with Gasteiger partial charge in [-0.2, -0.15) is 0 Å². The van der Waals surface area contributed by atoms with E-state index in [9.17, 15) is 4.21 Å². The average Bonchev–Trinajstić information content (AvgIpc) is 2.12. The minimum atomic E-state index is -0.737. The second kappa shape index (κ2) is 4.32. The number of benzene rings is 1. The first-order chi connectivity index (χ1) is 6.75. The Balaban J connectivity index is 2.34. The molecule has 0 spiro atoms. The molecule has 0 saturated carbocycles. The predicted molar refractivity (Wildman–Crippen MR) is 61.3 cm³/mol. The lowest BCUT2D eigenvalue weighted by atomic mass is 10.2. The number of fused-ring (bicyclic) bond motifs is 1. The van der Waals surface area contributed by atoms with Crippen molar-refractivity contribution in [2.24, 2.45) is 0 Å². The van der Waals surface area contributed by atoms with Crippen LogP contribution in [0.15, 0.2) is 18.2 Å². The van der Waals surface area contributed by atoms with Crippen molar-refractivity contribution in [1.82, 2.24) is 0 Å². The maximum Gasteiger partial charge on any atom is 0.0506 e. The van der Waals surface area contributed by atoms with Gasteiger partial charge in [0.15, 0.2) is 0 Å². The zero-order chi connectivity index (χ0) is 9.97. The molecule has 0 radical (unpaired) electrons. The lowest BCUT2D eigenvalue weighted by molar-refractivity contribution is 0.680. The predicted octanol–water partition coefficient (Wildman–Crippen LogP) is 2.40. The third-order valence-corrected chi connectivity index (χ3v) is 3.86. The molecule has 0 aliphatic carbocycles. The first-order valence-corrected chi connectivity index (χ1v) is 6.49. The van der Waals surface area contributed by atoms with Crippen molar-refractivity contribution in [2.45, 2.75) is 12.2 Å². The van der Waals surface area contributed by atoms with Crippen molar-refractivity contribution in [3.05, 3.63) is 28.8 Å². The monoisotopic (exact) mass is 229 g/mol. The molecule has 1 heterocycles. The Bertz CT molecular complexity index is 367. The van der Waals surface area contributed by atoms with Gasteiger partial charge in [-0.25, -0.2) is 0 Å². The van der Waals surface area contributed by atoms with Gasteiger partial charge >= 0.3 is 0 Å². The van der Waals surface area contributed by atoms with Gasteiger partial charge in [-0.3, -0.25) is 4.21 Å². The van der Waals surface area contributed by atoms with E-state index in [0.717, 1.165) is 30.0 Å². The molecule has 0 amide bonds. The zero-order valence-corrected chi connectivity index (χ0v) is 9.33. The van der Waals surface area contributed by atoms with Crippen molar-refractivity contribution in [1.29, 1.82) is 0 Å². The SMILES string of the molecule is O=S1CCCNc2ccc(Cl)cc2C1. The van der Waals surface area contributed by atoms with Crippen molar-refractivity contribution < 1.29 is 4.21 Å². The first-order valence-electron chi connectivity index (χ1n) is 4.63. The molecule has 1 aromatic carbocycles. The fourth-order valence-electron chi connectivity index (χ4n) is 1.56. The molecule has 1 unspecified atom stereocenters. The third kappa shape index (κ3) is 2.28. The van der Waals surface area contributed by atoms with Crippen molar-refractivity contribution in [2.75, 3.05) is 17.6 Å². The van der Waals surface area contributed by atoms with Gasteiger partial charge in [0, 0.05) is 33.8 Å². The topological polar surface area (TPSA) is 29.1 Å². The number of hydrogen-bond donors (Lipinski definition) is 1. The van der Waals surface area contributed by atoms with Crippen LogP contribution < -0.4 is 5.32 Å². The third-order valence-electron chi connectivity index (χ3n) is 2.25. The number of rotatable bonds is 0. The molecule has 0 fully saturated rings. The largest absolute Gasteiger partial charge is 0.385 e. The Morgan fingerprint density at radius 3 is 3.14 bits per heavy atom. The highest BCUT2D eigenvalue weighted by Gasteiger charge is 2.10. The van der Waals surface area contributed by atoms with Gasteiger partial charge in [0.25, 0.3) is 0 Å². The van der Waals surface area contributed by atoms with Crippen LogP contribution in [0, 0.1) is 0 Å². The van der Waals surface area contributed by atoms with E-state index in [2.05, 4.69) is 5.32 Å². The lowest BCUT2D eigenvalue weighted by Gasteiger charge is -2.15. The number of hydrogen-bond acceptors (Lipinski definition) is 2. The summed E-state index contributed by atoms with van der Waals surface area (Å²) in [6.07, 6.45) is 0.967. The van der Waals surface area contributed by atoms with Crippen LogP contribution in [-0.4, -0.2) is 16.5 Å². The Labute approximate surface area is 91.1 Å². The molecule has 1 N–H and O–H groups in total. The van der Waals surface area contributed by atoms with Gasteiger partial charge in [-0.05, 0) is 30.2 Å². The molecule has 0 bridgehead atoms. The van der Waals surface area contributed by atoms with Gasteiger partial charge in [0.1, 0.15) is 0 Å². The summed E-state index contributed by atoms with van der Waals surface area (Å²) in [6.45, 7) is 0.889. The number of halogens is 1. The van der Waals surface area contributed by atoms with E-state index in [1.54, 1.807) is 0 Å². The fraction of sp³-hybridized carbons (Fsp3) is 0.400. The highest BCUT2D eigenvalue weighted by atomic mass is 35.5. The van der Waals surface area contributed by atoms with Gasteiger partial charge in [0.05, 0.1) is 5.75 Å². The van der Waals surface area contributed by atoms with Crippen LogP contribution in [0.3, 0.4) is 0 Å². The first kappa shape index (κ1) is 9.99.